The second-order valence-corrected chi connectivity index (χ2v) is 7.42. The van der Waals surface area contributed by atoms with Crippen molar-refractivity contribution in [3.8, 4) is 0 Å². The lowest BCUT2D eigenvalue weighted by atomic mass is 9.86. The van der Waals surface area contributed by atoms with Crippen LogP contribution in [0.3, 0.4) is 0 Å². The highest BCUT2D eigenvalue weighted by molar-refractivity contribution is 8.00. The van der Waals surface area contributed by atoms with Crippen molar-refractivity contribution in [2.24, 2.45) is 0 Å². The summed E-state index contributed by atoms with van der Waals surface area (Å²) in [5.41, 5.74) is 0.652. The molecule has 2 heterocycles. The van der Waals surface area contributed by atoms with Gasteiger partial charge in [0.1, 0.15) is 5.82 Å². The van der Waals surface area contributed by atoms with Crippen molar-refractivity contribution >= 4 is 11.8 Å². The first kappa shape index (κ1) is 12.5. The zero-order valence-electron chi connectivity index (χ0n) is 10.7. The Morgan fingerprint density at radius 3 is 2.67 bits per heavy atom. The summed E-state index contributed by atoms with van der Waals surface area (Å²) in [7, 11) is 0. The van der Waals surface area contributed by atoms with Crippen molar-refractivity contribution in [3.63, 3.8) is 0 Å². The summed E-state index contributed by atoms with van der Waals surface area (Å²) in [4.78, 5) is 0. The summed E-state index contributed by atoms with van der Waals surface area (Å²) in [5, 5.41) is 11.9. The average Bonchev–Trinajstić information content (AvgIpc) is 2.65. The van der Waals surface area contributed by atoms with E-state index in [1.165, 1.54) is 12.8 Å². The van der Waals surface area contributed by atoms with Gasteiger partial charge < -0.3 is 5.11 Å². The lowest BCUT2D eigenvalue weighted by molar-refractivity contribution is 0.0234. The Hall–Kier alpha value is -0.540. The minimum Gasteiger partial charge on any atom is -0.389 e. The summed E-state index contributed by atoms with van der Waals surface area (Å²) < 4.78 is 14.0. The highest BCUT2D eigenvalue weighted by atomic mass is 32.2. The summed E-state index contributed by atoms with van der Waals surface area (Å²) in [5.74, 6) is -0.142. The van der Waals surface area contributed by atoms with E-state index >= 15 is 0 Å². The second kappa shape index (κ2) is 4.53. The summed E-state index contributed by atoms with van der Waals surface area (Å²) in [6.45, 7) is 1.78. The quantitative estimate of drug-likeness (QED) is 0.884. The molecule has 0 saturated carbocycles. The monoisotopic (exact) mass is 266 g/mol. The van der Waals surface area contributed by atoms with Gasteiger partial charge in [-0.2, -0.15) is 11.8 Å². The van der Waals surface area contributed by atoms with Crippen LogP contribution >= 0.6 is 11.8 Å². The fourth-order valence-corrected chi connectivity index (χ4v) is 5.26. The molecule has 1 N–H and O–H groups in total. The Bertz CT molecular complexity index is 448. The maximum absolute atomic E-state index is 14.0. The van der Waals surface area contributed by atoms with Crippen molar-refractivity contribution in [1.29, 1.82) is 0 Å². The fraction of sp³-hybridized carbons (Fsp3) is 0.600. The topological polar surface area (TPSA) is 20.2 Å². The van der Waals surface area contributed by atoms with Gasteiger partial charge in [-0.3, -0.25) is 0 Å². The zero-order chi connectivity index (χ0) is 12.8. The first-order valence-electron chi connectivity index (χ1n) is 6.68. The number of hydrogen-bond donors (Lipinski definition) is 1. The van der Waals surface area contributed by atoms with Crippen LogP contribution in [0.15, 0.2) is 18.2 Å². The number of rotatable bonds is 2. The Kier molecular flexibility index (Phi) is 3.15. The predicted molar refractivity (Wildman–Crippen MR) is 73.4 cm³/mol. The van der Waals surface area contributed by atoms with E-state index < -0.39 is 5.60 Å². The Morgan fingerprint density at radius 2 is 2.00 bits per heavy atom. The minimum atomic E-state index is -0.689. The van der Waals surface area contributed by atoms with Gasteiger partial charge in [-0.05, 0) is 43.7 Å². The molecule has 3 rings (SSSR count). The lowest BCUT2D eigenvalue weighted by Gasteiger charge is -2.36. The molecule has 0 radical (unpaired) electrons. The molecule has 1 aromatic rings. The summed E-state index contributed by atoms with van der Waals surface area (Å²) in [6, 6.07) is 5.47. The minimum absolute atomic E-state index is 0.142. The number of aliphatic hydroxyl groups is 1. The van der Waals surface area contributed by atoms with E-state index in [1.807, 2.05) is 23.9 Å². The molecule has 0 amide bonds. The molecular formula is C15H19FOS. The van der Waals surface area contributed by atoms with Crippen LogP contribution in [-0.4, -0.2) is 21.2 Å². The molecular weight excluding hydrogens is 247 g/mol. The van der Waals surface area contributed by atoms with Gasteiger partial charge in [-0.25, -0.2) is 4.39 Å². The van der Waals surface area contributed by atoms with E-state index in [9.17, 15) is 9.50 Å². The molecule has 0 spiro atoms. The number of hydrogen-bond acceptors (Lipinski definition) is 2. The molecule has 1 nitrogen and oxygen atoms in total. The first-order chi connectivity index (χ1) is 8.56. The van der Waals surface area contributed by atoms with Crippen molar-refractivity contribution < 1.29 is 9.50 Å². The normalized spacial score (nSPS) is 34.8. The Labute approximate surface area is 112 Å². The maximum atomic E-state index is 14.0. The molecule has 3 heteroatoms. The maximum Gasteiger partial charge on any atom is 0.129 e. The van der Waals surface area contributed by atoms with Crippen LogP contribution in [-0.2, 0) is 6.42 Å². The van der Waals surface area contributed by atoms with Crippen LogP contribution in [0.25, 0.3) is 0 Å². The van der Waals surface area contributed by atoms with Crippen LogP contribution < -0.4 is 0 Å². The van der Waals surface area contributed by atoms with Crippen molar-refractivity contribution in [2.75, 3.05) is 0 Å². The van der Waals surface area contributed by atoms with Crippen molar-refractivity contribution in [1.82, 2.24) is 0 Å². The van der Waals surface area contributed by atoms with Gasteiger partial charge in [0.15, 0.2) is 0 Å². The molecule has 2 aliphatic rings. The van der Waals surface area contributed by atoms with Crippen LogP contribution in [0.1, 0.15) is 36.8 Å². The number of halogens is 1. The van der Waals surface area contributed by atoms with E-state index in [1.54, 1.807) is 13.0 Å². The molecule has 0 aliphatic carbocycles. The highest BCUT2D eigenvalue weighted by Gasteiger charge is 2.43. The molecule has 0 aromatic heterocycles. The van der Waals surface area contributed by atoms with E-state index in [4.69, 9.17) is 0 Å². The first-order valence-corrected chi connectivity index (χ1v) is 7.62. The van der Waals surface area contributed by atoms with Crippen LogP contribution in [0.4, 0.5) is 4.39 Å². The van der Waals surface area contributed by atoms with Gasteiger partial charge in [0.05, 0.1) is 5.60 Å². The van der Waals surface area contributed by atoms with Crippen LogP contribution in [0, 0.1) is 12.7 Å². The molecule has 2 fully saturated rings. The van der Waals surface area contributed by atoms with E-state index in [-0.39, 0.29) is 5.82 Å². The molecule has 1 aromatic carbocycles. The van der Waals surface area contributed by atoms with E-state index in [0.717, 1.165) is 12.8 Å². The molecule has 2 atom stereocenters. The SMILES string of the molecule is Cc1cccc(CC2(O)CC3CCC(C2)S3)c1F. The third kappa shape index (κ3) is 2.30. The van der Waals surface area contributed by atoms with Gasteiger partial charge in [-0.1, -0.05) is 18.2 Å². The third-order valence-corrected chi connectivity index (χ3v) is 5.78. The summed E-state index contributed by atoms with van der Waals surface area (Å²) in [6.07, 6.45) is 4.54. The number of aryl methyl sites for hydroxylation is 1. The third-order valence-electron chi connectivity index (χ3n) is 4.20. The van der Waals surface area contributed by atoms with Gasteiger partial charge in [0.2, 0.25) is 0 Å². The van der Waals surface area contributed by atoms with Crippen LogP contribution in [0.5, 0.6) is 0 Å². The highest BCUT2D eigenvalue weighted by Crippen LogP contribution is 2.48. The molecule has 98 valence electrons. The molecule has 2 saturated heterocycles. The Morgan fingerprint density at radius 1 is 1.33 bits per heavy atom. The fourth-order valence-electron chi connectivity index (χ4n) is 3.35. The van der Waals surface area contributed by atoms with Gasteiger partial charge in [0, 0.05) is 16.9 Å². The Balaban J connectivity index is 1.81. The van der Waals surface area contributed by atoms with Gasteiger partial charge in [0.25, 0.3) is 0 Å². The molecule has 2 bridgehead atoms. The predicted octanol–water partition coefficient (Wildman–Crippen LogP) is 3.47. The van der Waals surface area contributed by atoms with Gasteiger partial charge in [-0.15, -0.1) is 0 Å². The molecule has 2 unspecified atom stereocenters. The smallest absolute Gasteiger partial charge is 0.129 e. The molecule has 2 aliphatic heterocycles. The van der Waals surface area contributed by atoms with Crippen molar-refractivity contribution in [3.05, 3.63) is 35.1 Å². The van der Waals surface area contributed by atoms with Gasteiger partial charge >= 0.3 is 0 Å². The van der Waals surface area contributed by atoms with Crippen LogP contribution in [0.2, 0.25) is 0 Å². The largest absolute Gasteiger partial charge is 0.389 e. The standard InChI is InChI=1S/C15H19FOS/c1-10-3-2-4-11(14(10)16)7-15(17)8-12-5-6-13(9-15)18-12/h2-4,12-13,17H,5-9H2,1H3. The van der Waals surface area contributed by atoms with Crippen molar-refractivity contribution in [2.45, 2.75) is 55.1 Å². The second-order valence-electron chi connectivity index (χ2n) is 5.81. The number of thioether (sulfide) groups is 1. The molecule has 18 heavy (non-hydrogen) atoms. The lowest BCUT2D eigenvalue weighted by Crippen LogP contribution is -2.39. The number of fused-ring (bicyclic) bond motifs is 2. The zero-order valence-corrected chi connectivity index (χ0v) is 11.5. The average molecular weight is 266 g/mol. The van der Waals surface area contributed by atoms with E-state index in [2.05, 4.69) is 0 Å². The van der Waals surface area contributed by atoms with E-state index in [0.29, 0.717) is 28.0 Å². The summed E-state index contributed by atoms with van der Waals surface area (Å²) >= 11 is 2.02. The number of benzene rings is 1.